The Morgan fingerprint density at radius 3 is 1.89 bits per heavy atom. The average Bonchev–Trinajstić information content (AvgIpc) is 3.91. The van der Waals surface area contributed by atoms with Crippen molar-refractivity contribution in [3.05, 3.63) is 221 Å². The summed E-state index contributed by atoms with van der Waals surface area (Å²) in [5.74, 6) is 1.79. The molecule has 2 aliphatic carbocycles. The van der Waals surface area contributed by atoms with Crippen molar-refractivity contribution >= 4 is 37.1 Å². The van der Waals surface area contributed by atoms with Gasteiger partial charge in [0.1, 0.15) is 11.5 Å². The maximum absolute atomic E-state index is 6.73. The predicted octanol–water partition coefficient (Wildman–Crippen LogP) is 17.6. The van der Waals surface area contributed by atoms with Crippen molar-refractivity contribution in [2.45, 2.75) is 60.8 Å². The number of aryl methyl sites for hydroxylation is 1. The highest BCUT2D eigenvalue weighted by molar-refractivity contribution is 7.25. The highest BCUT2D eigenvalue weighted by Crippen LogP contribution is 2.64. The summed E-state index contributed by atoms with van der Waals surface area (Å²) >= 11 is 1.87. The van der Waals surface area contributed by atoms with Crippen LogP contribution in [-0.2, 0) is 5.41 Å². The van der Waals surface area contributed by atoms with Crippen LogP contribution in [0.4, 0.5) is 0 Å². The molecule has 0 radical (unpaired) electrons. The van der Waals surface area contributed by atoms with Gasteiger partial charge in [-0.05, 0) is 162 Å². The van der Waals surface area contributed by atoms with E-state index in [1.54, 1.807) is 0 Å². The molecule has 7 aromatic carbocycles. The molecule has 0 bridgehead atoms. The first-order valence-corrected chi connectivity index (χ1v) is 22.4. The number of ether oxygens (including phenoxy) is 1. The molecule has 1 heterocycles. The number of hydrogen-bond donors (Lipinski definition) is 0. The van der Waals surface area contributed by atoms with E-state index in [0.717, 1.165) is 17.1 Å². The highest BCUT2D eigenvalue weighted by atomic mass is 32.1. The van der Waals surface area contributed by atoms with Crippen LogP contribution in [0.2, 0.25) is 0 Å². The Labute approximate surface area is 366 Å². The van der Waals surface area contributed by atoms with Crippen molar-refractivity contribution in [3.63, 3.8) is 0 Å². The van der Waals surface area contributed by atoms with Gasteiger partial charge in [-0.25, -0.2) is 0 Å². The molecule has 0 saturated carbocycles. The van der Waals surface area contributed by atoms with Crippen molar-refractivity contribution in [2.75, 3.05) is 0 Å². The number of fused-ring (bicyclic) bond motifs is 10. The third-order valence-electron chi connectivity index (χ3n) is 12.1. The fourth-order valence-electron chi connectivity index (χ4n) is 9.41. The van der Waals surface area contributed by atoms with Crippen LogP contribution in [0.25, 0.3) is 59.1 Å². The summed E-state index contributed by atoms with van der Waals surface area (Å²) in [6.45, 7) is 16.8. The van der Waals surface area contributed by atoms with Gasteiger partial charge >= 0.3 is 0 Å². The molecule has 10 rings (SSSR count). The second-order valence-electron chi connectivity index (χ2n) is 15.5. The third-order valence-corrected chi connectivity index (χ3v) is 13.3. The SMILES string of the molecule is C/C=C\C1=C(C)C2(c3ccccc31)c1cc(-c3cccc(-c4ccc5sc6ccccc6c5c4)c3)ccc1-c1ccc(Oc3ccccc3C)c(C)c12.C/C=C\C=C/C.CC. The molecule has 0 N–H and O–H groups in total. The van der Waals surface area contributed by atoms with Crippen LogP contribution in [0.3, 0.4) is 0 Å². The van der Waals surface area contributed by atoms with E-state index in [2.05, 4.69) is 179 Å². The summed E-state index contributed by atoms with van der Waals surface area (Å²) in [4.78, 5) is 0. The molecule has 0 saturated heterocycles. The Bertz CT molecular complexity index is 3030. The molecule has 302 valence electrons. The van der Waals surface area contributed by atoms with Gasteiger partial charge in [-0.15, -0.1) is 11.3 Å². The summed E-state index contributed by atoms with van der Waals surface area (Å²) in [5.41, 5.74) is 17.3. The summed E-state index contributed by atoms with van der Waals surface area (Å²) in [5, 5.41) is 2.65. The molecule has 0 amide bonds. The van der Waals surface area contributed by atoms with Gasteiger partial charge in [0.05, 0.1) is 5.41 Å². The zero-order valence-electron chi connectivity index (χ0n) is 36.6. The first-order chi connectivity index (χ1) is 29.9. The van der Waals surface area contributed by atoms with E-state index in [0.29, 0.717) is 0 Å². The van der Waals surface area contributed by atoms with Crippen molar-refractivity contribution < 1.29 is 4.74 Å². The Morgan fingerprint density at radius 1 is 0.492 bits per heavy atom. The van der Waals surface area contributed by atoms with Crippen molar-refractivity contribution in [1.82, 2.24) is 0 Å². The molecule has 8 aromatic rings. The van der Waals surface area contributed by atoms with E-state index in [1.807, 2.05) is 69.4 Å². The quantitative estimate of drug-likeness (QED) is 0.152. The van der Waals surface area contributed by atoms with Crippen LogP contribution in [0.15, 0.2) is 188 Å². The Balaban J connectivity index is 0.000000594. The van der Waals surface area contributed by atoms with Gasteiger partial charge in [-0.1, -0.05) is 153 Å². The van der Waals surface area contributed by atoms with Crippen molar-refractivity contribution in [1.29, 1.82) is 0 Å². The zero-order chi connectivity index (χ0) is 42.7. The van der Waals surface area contributed by atoms with Gasteiger partial charge in [0.15, 0.2) is 0 Å². The standard InChI is InChI=1S/C51H38OS.C6H10.C2H6/c1-5-13-38-33(4)51(44-19-9-7-17-39(38)44)45-30-37(22-24-40(45)42-25-26-47(32(3)50(42)51)52-46-20-10-6-14-31(46)2)35-16-12-15-34(28-35)36-23-27-49-43(29-36)41-18-8-11-21-48(41)53-49;1-3-5-6-4-2;1-2/h5-30H,1-4H3;3-6H,1-2H3;1-2H3/b13-5-;5-3-,6-4-;. The molecule has 1 unspecified atom stereocenters. The van der Waals surface area contributed by atoms with E-state index in [-0.39, 0.29) is 0 Å². The Kier molecular flexibility index (Phi) is 11.9. The lowest BCUT2D eigenvalue weighted by atomic mass is 9.68. The van der Waals surface area contributed by atoms with E-state index >= 15 is 0 Å². The average molecular weight is 811 g/mol. The lowest BCUT2D eigenvalue weighted by Crippen LogP contribution is -2.27. The van der Waals surface area contributed by atoms with Gasteiger partial charge in [0, 0.05) is 20.2 Å². The van der Waals surface area contributed by atoms with Crippen LogP contribution in [-0.4, -0.2) is 0 Å². The molecule has 2 aliphatic rings. The molecular formula is C59H54OS. The van der Waals surface area contributed by atoms with Gasteiger partial charge in [-0.2, -0.15) is 0 Å². The maximum atomic E-state index is 6.73. The van der Waals surface area contributed by atoms with Crippen molar-refractivity contribution in [2.24, 2.45) is 0 Å². The Morgan fingerprint density at radius 2 is 1.13 bits per heavy atom. The second kappa shape index (κ2) is 17.6. The van der Waals surface area contributed by atoms with Crippen LogP contribution in [0, 0.1) is 13.8 Å². The molecule has 0 fully saturated rings. The van der Waals surface area contributed by atoms with E-state index in [4.69, 9.17) is 4.74 Å². The van der Waals surface area contributed by atoms with E-state index in [9.17, 15) is 0 Å². The number of benzene rings is 7. The minimum Gasteiger partial charge on any atom is -0.457 e. The van der Waals surface area contributed by atoms with Crippen LogP contribution >= 0.6 is 11.3 Å². The first-order valence-electron chi connectivity index (χ1n) is 21.6. The molecule has 61 heavy (non-hydrogen) atoms. The number of para-hydroxylation sites is 1. The number of hydrogen-bond acceptors (Lipinski definition) is 2. The smallest absolute Gasteiger partial charge is 0.130 e. The number of rotatable bonds is 6. The van der Waals surface area contributed by atoms with Gasteiger partial charge < -0.3 is 4.74 Å². The fourth-order valence-corrected chi connectivity index (χ4v) is 10.5. The second-order valence-corrected chi connectivity index (χ2v) is 16.6. The zero-order valence-corrected chi connectivity index (χ0v) is 37.5. The predicted molar refractivity (Wildman–Crippen MR) is 266 cm³/mol. The fraction of sp³-hybridized carbons (Fsp3) is 0.153. The largest absolute Gasteiger partial charge is 0.457 e. The molecule has 1 aromatic heterocycles. The summed E-state index contributed by atoms with van der Waals surface area (Å²) in [6, 6.07) is 53.6. The Hall–Kier alpha value is -6.48. The molecule has 0 aliphatic heterocycles. The highest BCUT2D eigenvalue weighted by Gasteiger charge is 2.52. The molecule has 2 heteroatoms. The van der Waals surface area contributed by atoms with Crippen molar-refractivity contribution in [3.8, 4) is 44.9 Å². The van der Waals surface area contributed by atoms with Crippen LogP contribution < -0.4 is 4.74 Å². The van der Waals surface area contributed by atoms with Crippen LogP contribution in [0.1, 0.15) is 74.9 Å². The van der Waals surface area contributed by atoms with Crippen LogP contribution in [0.5, 0.6) is 11.5 Å². The molecule has 1 atom stereocenters. The minimum absolute atomic E-state index is 0.454. The topological polar surface area (TPSA) is 9.23 Å². The number of allylic oxidation sites excluding steroid dienone is 8. The van der Waals surface area contributed by atoms with E-state index < -0.39 is 5.41 Å². The monoisotopic (exact) mass is 810 g/mol. The summed E-state index contributed by atoms with van der Waals surface area (Å²) < 4.78 is 9.39. The summed E-state index contributed by atoms with van der Waals surface area (Å²) in [6.07, 6.45) is 12.5. The van der Waals surface area contributed by atoms with E-state index in [1.165, 1.54) is 92.5 Å². The maximum Gasteiger partial charge on any atom is 0.130 e. The molecular weight excluding hydrogens is 757 g/mol. The molecule has 1 nitrogen and oxygen atoms in total. The first kappa shape index (κ1) is 41.3. The minimum atomic E-state index is -0.454. The van der Waals surface area contributed by atoms with Gasteiger partial charge in [0.25, 0.3) is 0 Å². The third kappa shape index (κ3) is 7.09. The van der Waals surface area contributed by atoms with Gasteiger partial charge in [0.2, 0.25) is 0 Å². The lowest BCUT2D eigenvalue weighted by molar-refractivity contribution is 0.473. The normalized spacial score (nSPS) is 15.0. The number of thiophene rings is 1. The lowest BCUT2D eigenvalue weighted by Gasteiger charge is -2.33. The molecule has 1 spiro atoms. The van der Waals surface area contributed by atoms with Gasteiger partial charge in [-0.3, -0.25) is 0 Å². The summed E-state index contributed by atoms with van der Waals surface area (Å²) in [7, 11) is 0.